The first-order chi connectivity index (χ1) is 10.2. The maximum absolute atomic E-state index is 11.8. The van der Waals surface area contributed by atoms with Gasteiger partial charge in [0.1, 0.15) is 5.60 Å². The third kappa shape index (κ3) is 4.00. The molecule has 1 aliphatic carbocycles. The molecule has 1 aliphatic rings. The number of carbonyl (C=O) groups is 2. The Morgan fingerprint density at radius 3 is 2.55 bits per heavy atom. The lowest BCUT2D eigenvalue weighted by Gasteiger charge is -2.19. The Kier molecular flexibility index (Phi) is 4.44. The van der Waals surface area contributed by atoms with Gasteiger partial charge in [-0.15, -0.1) is 0 Å². The fourth-order valence-electron chi connectivity index (χ4n) is 2.44. The van der Waals surface area contributed by atoms with Gasteiger partial charge < -0.3 is 14.8 Å². The molecule has 1 N–H and O–H groups in total. The summed E-state index contributed by atoms with van der Waals surface area (Å²) in [4.78, 5) is 23.4. The number of ether oxygens (including phenoxy) is 2. The number of alkyl carbamates (subject to hydrolysis) is 1. The van der Waals surface area contributed by atoms with Crippen molar-refractivity contribution in [2.75, 3.05) is 7.11 Å². The van der Waals surface area contributed by atoms with Gasteiger partial charge in [-0.2, -0.15) is 0 Å². The standard InChI is InChI=1S/C17H23NO4/c1-10-6-7-11(15(19)21-5)8-12(10)13-9-14(13)18-16(20)22-17(2,3)4/h6-8,13-14H,9H2,1-5H3,(H,18,20). The van der Waals surface area contributed by atoms with Crippen LogP contribution in [0.3, 0.4) is 0 Å². The molecule has 2 unspecified atom stereocenters. The number of hydrogen-bond donors (Lipinski definition) is 1. The van der Waals surface area contributed by atoms with Gasteiger partial charge in [0.2, 0.25) is 0 Å². The fourth-order valence-corrected chi connectivity index (χ4v) is 2.44. The zero-order valence-electron chi connectivity index (χ0n) is 13.7. The highest BCUT2D eigenvalue weighted by molar-refractivity contribution is 5.89. The number of rotatable bonds is 3. The van der Waals surface area contributed by atoms with Gasteiger partial charge in [-0.05, 0) is 57.4 Å². The van der Waals surface area contributed by atoms with Crippen molar-refractivity contribution in [3.05, 3.63) is 34.9 Å². The normalized spacial score (nSPS) is 20.2. The van der Waals surface area contributed by atoms with Crippen LogP contribution in [0.4, 0.5) is 4.79 Å². The molecule has 0 aromatic heterocycles. The lowest BCUT2D eigenvalue weighted by atomic mass is 10.0. The number of esters is 1. The molecule has 2 rings (SSSR count). The summed E-state index contributed by atoms with van der Waals surface area (Å²) in [5.74, 6) is -0.129. The van der Waals surface area contributed by atoms with E-state index in [0.717, 1.165) is 17.5 Å². The third-order valence-corrected chi connectivity index (χ3v) is 3.59. The van der Waals surface area contributed by atoms with Crippen LogP contribution in [0, 0.1) is 6.92 Å². The van der Waals surface area contributed by atoms with Crippen LogP contribution < -0.4 is 5.32 Å². The van der Waals surface area contributed by atoms with Crippen molar-refractivity contribution in [1.82, 2.24) is 5.32 Å². The second-order valence-electron chi connectivity index (χ2n) is 6.66. The van der Waals surface area contributed by atoms with Crippen LogP contribution >= 0.6 is 0 Å². The molecule has 1 fully saturated rings. The zero-order valence-corrected chi connectivity index (χ0v) is 13.7. The minimum absolute atomic E-state index is 0.0569. The third-order valence-electron chi connectivity index (χ3n) is 3.59. The van der Waals surface area contributed by atoms with Gasteiger partial charge in [-0.3, -0.25) is 0 Å². The molecular weight excluding hydrogens is 282 g/mol. The Balaban J connectivity index is 2.03. The van der Waals surface area contributed by atoms with Gasteiger partial charge in [-0.1, -0.05) is 6.07 Å². The Labute approximate surface area is 131 Å². The summed E-state index contributed by atoms with van der Waals surface area (Å²) in [6, 6.07) is 5.57. The number of aryl methyl sites for hydroxylation is 1. The molecule has 0 heterocycles. The Hall–Kier alpha value is -2.04. The maximum atomic E-state index is 11.8. The van der Waals surface area contributed by atoms with E-state index < -0.39 is 11.7 Å². The van der Waals surface area contributed by atoms with E-state index >= 15 is 0 Å². The van der Waals surface area contributed by atoms with Crippen molar-refractivity contribution in [3.8, 4) is 0 Å². The fraction of sp³-hybridized carbons (Fsp3) is 0.529. The highest BCUT2D eigenvalue weighted by Gasteiger charge is 2.41. The highest BCUT2D eigenvalue weighted by atomic mass is 16.6. The number of hydrogen-bond acceptors (Lipinski definition) is 4. The summed E-state index contributed by atoms with van der Waals surface area (Å²) in [5.41, 5.74) is 2.20. The lowest BCUT2D eigenvalue weighted by Crippen LogP contribution is -2.34. The van der Waals surface area contributed by atoms with Crippen molar-refractivity contribution >= 4 is 12.1 Å². The first kappa shape index (κ1) is 16.3. The summed E-state index contributed by atoms with van der Waals surface area (Å²) in [6.45, 7) is 7.50. The van der Waals surface area contributed by atoms with E-state index in [1.54, 1.807) is 6.07 Å². The molecule has 5 nitrogen and oxygen atoms in total. The highest BCUT2D eigenvalue weighted by Crippen LogP contribution is 2.42. The van der Waals surface area contributed by atoms with Crippen LogP contribution in [0.5, 0.6) is 0 Å². The van der Waals surface area contributed by atoms with Gasteiger partial charge in [0, 0.05) is 12.0 Å². The van der Waals surface area contributed by atoms with Crippen LogP contribution in [0.2, 0.25) is 0 Å². The van der Waals surface area contributed by atoms with Crippen LogP contribution in [0.1, 0.15) is 54.6 Å². The topological polar surface area (TPSA) is 64.6 Å². The lowest BCUT2D eigenvalue weighted by molar-refractivity contribution is 0.0521. The van der Waals surface area contributed by atoms with Crippen molar-refractivity contribution in [3.63, 3.8) is 0 Å². The molecular formula is C17H23NO4. The maximum Gasteiger partial charge on any atom is 0.407 e. The number of carbonyl (C=O) groups excluding carboxylic acids is 2. The SMILES string of the molecule is COC(=O)c1ccc(C)c(C2CC2NC(=O)OC(C)(C)C)c1. The molecule has 2 atom stereocenters. The summed E-state index contributed by atoms with van der Waals surface area (Å²) >= 11 is 0. The molecule has 22 heavy (non-hydrogen) atoms. The quantitative estimate of drug-likeness (QED) is 0.871. The first-order valence-corrected chi connectivity index (χ1v) is 7.39. The van der Waals surface area contributed by atoms with Crippen LogP contribution in [0.15, 0.2) is 18.2 Å². The number of amides is 1. The van der Waals surface area contributed by atoms with Crippen LogP contribution in [0.25, 0.3) is 0 Å². The molecule has 0 bridgehead atoms. The Bertz CT molecular complexity index is 589. The Morgan fingerprint density at radius 2 is 1.95 bits per heavy atom. The number of nitrogens with one attached hydrogen (secondary N) is 1. The summed E-state index contributed by atoms with van der Waals surface area (Å²) in [5, 5.41) is 2.87. The van der Waals surface area contributed by atoms with Crippen molar-refractivity contribution in [1.29, 1.82) is 0 Å². The van der Waals surface area contributed by atoms with Gasteiger partial charge in [-0.25, -0.2) is 9.59 Å². The van der Waals surface area contributed by atoms with E-state index in [1.165, 1.54) is 7.11 Å². The summed E-state index contributed by atoms with van der Waals surface area (Å²) < 4.78 is 10.0. The Morgan fingerprint density at radius 1 is 1.27 bits per heavy atom. The molecule has 0 saturated heterocycles. The largest absolute Gasteiger partial charge is 0.465 e. The van der Waals surface area contributed by atoms with Gasteiger partial charge in [0.15, 0.2) is 0 Å². The van der Waals surface area contributed by atoms with E-state index in [-0.39, 0.29) is 17.9 Å². The summed E-state index contributed by atoms with van der Waals surface area (Å²) in [7, 11) is 1.37. The smallest absolute Gasteiger partial charge is 0.407 e. The van der Waals surface area contributed by atoms with Crippen LogP contribution in [-0.4, -0.2) is 30.8 Å². The average Bonchev–Trinajstić information content (AvgIpc) is 3.15. The van der Waals surface area contributed by atoms with Crippen LogP contribution in [-0.2, 0) is 9.47 Å². The van der Waals surface area contributed by atoms with Gasteiger partial charge >= 0.3 is 12.1 Å². The monoisotopic (exact) mass is 305 g/mol. The second kappa shape index (κ2) is 5.99. The van der Waals surface area contributed by atoms with E-state index in [4.69, 9.17) is 9.47 Å². The number of benzene rings is 1. The van der Waals surface area contributed by atoms with Crippen molar-refractivity contribution in [2.45, 2.75) is 51.7 Å². The molecule has 0 aliphatic heterocycles. The van der Waals surface area contributed by atoms with E-state index in [9.17, 15) is 9.59 Å². The molecule has 1 aromatic carbocycles. The van der Waals surface area contributed by atoms with Crippen molar-refractivity contribution < 1.29 is 19.1 Å². The predicted octanol–water partition coefficient (Wildman–Crippen LogP) is 3.16. The van der Waals surface area contributed by atoms with Gasteiger partial charge in [0.25, 0.3) is 0 Å². The minimum Gasteiger partial charge on any atom is -0.465 e. The molecule has 1 amide bonds. The van der Waals surface area contributed by atoms with E-state index in [1.807, 2.05) is 39.8 Å². The second-order valence-corrected chi connectivity index (χ2v) is 6.66. The minimum atomic E-state index is -0.505. The van der Waals surface area contributed by atoms with E-state index in [0.29, 0.717) is 5.56 Å². The first-order valence-electron chi connectivity index (χ1n) is 7.39. The van der Waals surface area contributed by atoms with E-state index in [2.05, 4.69) is 5.32 Å². The number of methoxy groups -OCH3 is 1. The van der Waals surface area contributed by atoms with Crippen molar-refractivity contribution in [2.24, 2.45) is 0 Å². The molecule has 0 radical (unpaired) electrons. The molecule has 5 heteroatoms. The molecule has 1 aromatic rings. The molecule has 0 spiro atoms. The summed E-state index contributed by atoms with van der Waals surface area (Å²) in [6.07, 6.45) is 0.451. The van der Waals surface area contributed by atoms with Gasteiger partial charge in [0.05, 0.1) is 12.7 Å². The molecule has 120 valence electrons. The average molecular weight is 305 g/mol. The predicted molar refractivity (Wildman–Crippen MR) is 83.0 cm³/mol. The molecule has 1 saturated carbocycles. The zero-order chi connectivity index (χ0) is 16.5.